The van der Waals surface area contributed by atoms with Crippen molar-refractivity contribution >= 4 is 23.1 Å². The number of urea groups is 1. The number of morpholine rings is 1. The van der Waals surface area contributed by atoms with Crippen LogP contribution >= 0.6 is 11.3 Å². The van der Waals surface area contributed by atoms with Crippen LogP contribution in [-0.2, 0) is 17.8 Å². The van der Waals surface area contributed by atoms with Gasteiger partial charge in [0.15, 0.2) is 0 Å². The number of benzene rings is 1. The van der Waals surface area contributed by atoms with Gasteiger partial charge in [0, 0.05) is 30.2 Å². The van der Waals surface area contributed by atoms with E-state index in [1.165, 1.54) is 5.69 Å². The fourth-order valence-corrected chi connectivity index (χ4v) is 3.12. The van der Waals surface area contributed by atoms with Gasteiger partial charge in [0.05, 0.1) is 19.8 Å². The molecule has 1 aromatic heterocycles. The molecule has 0 bridgehead atoms. The number of rotatable bonds is 5. The van der Waals surface area contributed by atoms with Crippen LogP contribution in [0.4, 0.5) is 10.5 Å². The van der Waals surface area contributed by atoms with Crippen molar-refractivity contribution in [1.82, 2.24) is 10.6 Å². The summed E-state index contributed by atoms with van der Waals surface area (Å²) < 4.78 is 5.36. The molecule has 1 fully saturated rings. The van der Waals surface area contributed by atoms with Gasteiger partial charge in [-0.1, -0.05) is 18.2 Å². The van der Waals surface area contributed by atoms with Gasteiger partial charge in [-0.15, -0.1) is 11.3 Å². The van der Waals surface area contributed by atoms with Crippen LogP contribution in [0.2, 0.25) is 0 Å². The van der Waals surface area contributed by atoms with Crippen molar-refractivity contribution < 1.29 is 9.53 Å². The van der Waals surface area contributed by atoms with Crippen LogP contribution in [0.15, 0.2) is 41.8 Å². The number of hydrogen-bond acceptors (Lipinski definition) is 4. The van der Waals surface area contributed by atoms with Crippen molar-refractivity contribution in [2.45, 2.75) is 13.1 Å². The van der Waals surface area contributed by atoms with Gasteiger partial charge in [-0.25, -0.2) is 4.79 Å². The van der Waals surface area contributed by atoms with Crippen LogP contribution in [0.3, 0.4) is 0 Å². The Morgan fingerprint density at radius 2 is 1.83 bits per heavy atom. The zero-order chi connectivity index (χ0) is 15.9. The van der Waals surface area contributed by atoms with E-state index < -0.39 is 0 Å². The van der Waals surface area contributed by atoms with Crippen molar-refractivity contribution in [3.63, 3.8) is 0 Å². The molecule has 2 N–H and O–H groups in total. The van der Waals surface area contributed by atoms with Gasteiger partial charge in [0.25, 0.3) is 0 Å². The van der Waals surface area contributed by atoms with Crippen LogP contribution < -0.4 is 15.5 Å². The average molecular weight is 331 g/mol. The molecule has 3 rings (SSSR count). The summed E-state index contributed by atoms with van der Waals surface area (Å²) in [5.74, 6) is 0. The summed E-state index contributed by atoms with van der Waals surface area (Å²) in [4.78, 5) is 15.2. The fourth-order valence-electron chi connectivity index (χ4n) is 2.47. The molecule has 1 aliphatic heterocycles. The third-order valence-electron chi connectivity index (χ3n) is 3.77. The van der Waals surface area contributed by atoms with Gasteiger partial charge >= 0.3 is 6.03 Å². The maximum atomic E-state index is 11.8. The lowest BCUT2D eigenvalue weighted by molar-refractivity contribution is 0.122. The number of carbonyl (C=O) groups is 1. The smallest absolute Gasteiger partial charge is 0.315 e. The largest absolute Gasteiger partial charge is 0.378 e. The number of hydrogen-bond donors (Lipinski definition) is 2. The third kappa shape index (κ3) is 4.71. The lowest BCUT2D eigenvalue weighted by Crippen LogP contribution is -2.36. The topological polar surface area (TPSA) is 53.6 Å². The Kier molecular flexibility index (Phi) is 5.50. The molecule has 0 aliphatic carbocycles. The maximum Gasteiger partial charge on any atom is 0.315 e. The number of anilines is 1. The summed E-state index contributed by atoms with van der Waals surface area (Å²) in [5, 5.41) is 7.74. The van der Waals surface area contributed by atoms with Gasteiger partial charge < -0.3 is 20.3 Å². The Bertz CT molecular complexity index is 607. The van der Waals surface area contributed by atoms with Crippen molar-refractivity contribution in [1.29, 1.82) is 0 Å². The molecule has 1 aliphatic rings. The summed E-state index contributed by atoms with van der Waals surface area (Å²) in [7, 11) is 0. The molecule has 0 spiro atoms. The molecule has 2 aromatic rings. The van der Waals surface area contributed by atoms with Crippen LogP contribution in [0.1, 0.15) is 10.4 Å². The number of ether oxygens (including phenoxy) is 1. The summed E-state index contributed by atoms with van der Waals surface area (Å²) in [6.45, 7) is 4.53. The minimum Gasteiger partial charge on any atom is -0.378 e. The Labute approximate surface area is 140 Å². The second-order valence-electron chi connectivity index (χ2n) is 5.38. The molecule has 5 nitrogen and oxygen atoms in total. The van der Waals surface area contributed by atoms with Gasteiger partial charge in [-0.05, 0) is 29.1 Å². The highest BCUT2D eigenvalue weighted by atomic mass is 32.1. The Morgan fingerprint density at radius 3 is 2.52 bits per heavy atom. The minimum atomic E-state index is -0.143. The van der Waals surface area contributed by atoms with Gasteiger partial charge in [-0.3, -0.25) is 0 Å². The molecule has 0 saturated carbocycles. The van der Waals surface area contributed by atoms with E-state index >= 15 is 0 Å². The number of thiophene rings is 1. The predicted octanol–water partition coefficient (Wildman–Crippen LogP) is 2.58. The molecule has 1 saturated heterocycles. The first kappa shape index (κ1) is 15.8. The highest BCUT2D eigenvalue weighted by molar-refractivity contribution is 7.09. The zero-order valence-electron chi connectivity index (χ0n) is 13.0. The van der Waals surface area contributed by atoms with Gasteiger partial charge in [-0.2, -0.15) is 0 Å². The first-order chi connectivity index (χ1) is 11.3. The molecular weight excluding hydrogens is 310 g/mol. The Morgan fingerprint density at radius 1 is 1.09 bits per heavy atom. The van der Waals surface area contributed by atoms with E-state index in [0.29, 0.717) is 13.1 Å². The monoisotopic (exact) mass is 331 g/mol. The van der Waals surface area contributed by atoms with E-state index in [4.69, 9.17) is 4.74 Å². The highest BCUT2D eigenvalue weighted by Gasteiger charge is 2.10. The Hall–Kier alpha value is -2.05. The van der Waals surface area contributed by atoms with Crippen molar-refractivity contribution in [3.05, 3.63) is 52.2 Å². The standard InChI is InChI=1S/C17H21N3O2S/c21-17(19-13-16-2-1-11-23-16)18-12-14-3-5-15(6-4-14)20-7-9-22-10-8-20/h1-6,11H,7-10,12-13H2,(H2,18,19,21). The van der Waals surface area contributed by atoms with Crippen LogP contribution in [0.5, 0.6) is 0 Å². The fraction of sp³-hybridized carbons (Fsp3) is 0.353. The van der Waals surface area contributed by atoms with Crippen LogP contribution in [-0.4, -0.2) is 32.3 Å². The summed E-state index contributed by atoms with van der Waals surface area (Å²) in [6.07, 6.45) is 0. The van der Waals surface area contributed by atoms with Crippen molar-refractivity contribution in [2.24, 2.45) is 0 Å². The third-order valence-corrected chi connectivity index (χ3v) is 4.65. The molecule has 0 unspecified atom stereocenters. The van der Waals surface area contributed by atoms with E-state index in [-0.39, 0.29) is 6.03 Å². The normalized spacial score (nSPS) is 14.5. The molecule has 6 heteroatoms. The van der Waals surface area contributed by atoms with Crippen LogP contribution in [0, 0.1) is 0 Å². The minimum absolute atomic E-state index is 0.143. The second kappa shape index (κ2) is 7.99. The summed E-state index contributed by atoms with van der Waals surface area (Å²) in [5.41, 5.74) is 2.30. The van der Waals surface area contributed by atoms with E-state index in [1.54, 1.807) is 11.3 Å². The quantitative estimate of drug-likeness (QED) is 0.885. The number of carbonyl (C=O) groups excluding carboxylic acids is 1. The van der Waals surface area contributed by atoms with Gasteiger partial charge in [0.1, 0.15) is 0 Å². The molecule has 1 aromatic carbocycles. The first-order valence-corrected chi connectivity index (χ1v) is 8.65. The van der Waals surface area contributed by atoms with Gasteiger partial charge in [0.2, 0.25) is 0 Å². The van der Waals surface area contributed by atoms with Crippen molar-refractivity contribution in [2.75, 3.05) is 31.2 Å². The molecule has 0 radical (unpaired) electrons. The van der Waals surface area contributed by atoms with Crippen molar-refractivity contribution in [3.8, 4) is 0 Å². The molecule has 2 amide bonds. The second-order valence-corrected chi connectivity index (χ2v) is 6.41. The predicted molar refractivity (Wildman–Crippen MR) is 92.9 cm³/mol. The average Bonchev–Trinajstić information content (AvgIpc) is 3.13. The molecular formula is C17H21N3O2S. The molecule has 0 atom stereocenters. The number of nitrogens with one attached hydrogen (secondary N) is 2. The lowest BCUT2D eigenvalue weighted by Gasteiger charge is -2.28. The number of amides is 2. The summed E-state index contributed by atoms with van der Waals surface area (Å²) >= 11 is 1.64. The highest BCUT2D eigenvalue weighted by Crippen LogP contribution is 2.16. The molecule has 2 heterocycles. The zero-order valence-corrected chi connectivity index (χ0v) is 13.8. The Balaban J connectivity index is 1.43. The molecule has 122 valence electrons. The van der Waals surface area contributed by atoms with E-state index in [1.807, 2.05) is 17.5 Å². The van der Waals surface area contributed by atoms with E-state index in [9.17, 15) is 4.79 Å². The maximum absolute atomic E-state index is 11.8. The SMILES string of the molecule is O=C(NCc1ccc(N2CCOCC2)cc1)NCc1cccs1. The lowest BCUT2D eigenvalue weighted by atomic mass is 10.2. The van der Waals surface area contributed by atoms with E-state index in [2.05, 4.69) is 39.8 Å². The number of nitrogens with zero attached hydrogens (tertiary/aromatic N) is 1. The summed E-state index contributed by atoms with van der Waals surface area (Å²) in [6, 6.07) is 12.2. The van der Waals surface area contributed by atoms with Crippen LogP contribution in [0.25, 0.3) is 0 Å². The first-order valence-electron chi connectivity index (χ1n) is 7.77. The van der Waals surface area contributed by atoms with E-state index in [0.717, 1.165) is 36.7 Å². The molecule has 23 heavy (non-hydrogen) atoms.